The van der Waals surface area contributed by atoms with Gasteiger partial charge in [-0.05, 0) is 65.2 Å². The number of hydrogen-bond donors (Lipinski definition) is 0. The molecule has 40 heavy (non-hydrogen) atoms. The lowest BCUT2D eigenvalue weighted by Gasteiger charge is -2.28. The summed E-state index contributed by atoms with van der Waals surface area (Å²) in [7, 11) is -0.368. The van der Waals surface area contributed by atoms with Crippen molar-refractivity contribution in [2.75, 3.05) is 0 Å². The Morgan fingerprint density at radius 3 is 2.60 bits per heavy atom. The van der Waals surface area contributed by atoms with Gasteiger partial charge in [0.1, 0.15) is 41.4 Å². The van der Waals surface area contributed by atoms with Gasteiger partial charge in [0.25, 0.3) is 0 Å². The van der Waals surface area contributed by atoms with E-state index in [1.807, 2.05) is 43.3 Å². The first-order chi connectivity index (χ1) is 19.1. The molecule has 2 atom stereocenters. The fourth-order valence-electron chi connectivity index (χ4n) is 5.10. The highest BCUT2D eigenvalue weighted by molar-refractivity contribution is 6.62. The van der Waals surface area contributed by atoms with Gasteiger partial charge in [0, 0.05) is 25.8 Å². The minimum atomic E-state index is -0.368. The molecular weight excluding hydrogens is 505 g/mol. The molecule has 0 unspecified atom stereocenters. The number of aromatic nitrogens is 1. The van der Waals surface area contributed by atoms with E-state index >= 15 is 0 Å². The first-order valence-corrected chi connectivity index (χ1v) is 14.2. The summed E-state index contributed by atoms with van der Waals surface area (Å²) < 4.78 is 35.4. The van der Waals surface area contributed by atoms with Gasteiger partial charge in [0.2, 0.25) is 5.89 Å². The number of aliphatic hydroxyl groups is 1. The van der Waals surface area contributed by atoms with Crippen LogP contribution in [-0.4, -0.2) is 40.2 Å². The highest BCUT2D eigenvalue weighted by Crippen LogP contribution is 2.35. The van der Waals surface area contributed by atoms with Crippen LogP contribution >= 0.6 is 0 Å². The number of aryl methyl sites for hydroxylation is 2. The molecule has 1 N–H and O–H groups in total. The Morgan fingerprint density at radius 2 is 1.82 bits per heavy atom. The first kappa shape index (κ1) is 28.5. The van der Waals surface area contributed by atoms with Crippen LogP contribution in [0.4, 0.5) is 0 Å². The van der Waals surface area contributed by atoms with Crippen LogP contribution in [0.25, 0.3) is 11.5 Å². The number of nitrogens with zero attached hydrogens (tertiary/aromatic N) is 1. The zero-order valence-corrected chi connectivity index (χ0v) is 24.5. The highest BCUT2D eigenvalue weighted by atomic mass is 16.7. The lowest BCUT2D eigenvalue weighted by atomic mass is 9.78. The molecule has 2 fully saturated rings. The molecule has 1 saturated carbocycles. The molecule has 5 rings (SSSR count). The van der Waals surface area contributed by atoms with E-state index in [0.717, 1.165) is 48.2 Å². The third kappa shape index (κ3) is 6.46. The van der Waals surface area contributed by atoms with Gasteiger partial charge in [0.15, 0.2) is 5.60 Å². The van der Waals surface area contributed by atoms with Gasteiger partial charge in [-0.25, -0.2) is 4.98 Å². The Balaban J connectivity index is 1.12. The maximum Gasteiger partial charge on any atom is 0.736 e. The third-order valence-electron chi connectivity index (χ3n) is 8.22. The summed E-state index contributed by atoms with van der Waals surface area (Å²) in [6.07, 6.45) is 7.28. The molecule has 1 saturated heterocycles. The first-order valence-electron chi connectivity index (χ1n) is 14.2. The molecule has 0 radical (unpaired) electrons. The summed E-state index contributed by atoms with van der Waals surface area (Å²) in [4.78, 5) is 4.70. The predicted octanol–water partition coefficient (Wildman–Crippen LogP) is 6.16. The summed E-state index contributed by atoms with van der Waals surface area (Å²) in [5.74, 6) is 2.14. The van der Waals surface area contributed by atoms with Crippen LogP contribution in [-0.2, 0) is 20.7 Å². The third-order valence-corrected chi connectivity index (χ3v) is 8.22. The average Bonchev–Trinajstić information content (AvgIpc) is 3.40. The molecule has 212 valence electrons. The van der Waals surface area contributed by atoms with Gasteiger partial charge < -0.3 is 27.9 Å². The number of hydrogen-bond acceptors (Lipinski definition) is 6. The number of benzene rings is 2. The molecule has 2 aromatic carbocycles. The minimum Gasteiger partial charge on any atom is -0.505 e. The smallest absolute Gasteiger partial charge is 0.505 e. The minimum absolute atomic E-state index is 0.0740. The molecule has 0 bridgehead atoms. The molecular formula is C32H41BNO6+. The maximum atomic E-state index is 6.27. The molecule has 3 aromatic rings. The molecule has 1 aromatic heterocycles. The van der Waals surface area contributed by atoms with Crippen LogP contribution in [0.15, 0.2) is 65.5 Å². The van der Waals surface area contributed by atoms with Gasteiger partial charge in [-0.2, -0.15) is 0 Å². The molecule has 1 aliphatic carbocycles. The SMILES string of the molecule is Cc1cccc(-c2nc(CO[C@H]3CCC[C@@H](O/C=C/Oc4ccccc4B4OC(C)(C)C(C)(C)[OH+]4)C3)c(C)o2)c1. The molecule has 1 aliphatic heterocycles. The second-order valence-electron chi connectivity index (χ2n) is 11.8. The van der Waals surface area contributed by atoms with Crippen molar-refractivity contribution in [3.63, 3.8) is 0 Å². The van der Waals surface area contributed by atoms with E-state index in [-0.39, 0.29) is 30.5 Å². The predicted molar refractivity (Wildman–Crippen MR) is 156 cm³/mol. The van der Waals surface area contributed by atoms with E-state index in [4.69, 9.17) is 32.9 Å². The van der Waals surface area contributed by atoms with Crippen molar-refractivity contribution >= 4 is 12.6 Å². The van der Waals surface area contributed by atoms with Crippen molar-refractivity contribution in [2.24, 2.45) is 0 Å². The zero-order chi connectivity index (χ0) is 28.3. The van der Waals surface area contributed by atoms with Crippen molar-refractivity contribution in [3.05, 3.63) is 78.1 Å². The van der Waals surface area contributed by atoms with Crippen LogP contribution in [0.5, 0.6) is 5.75 Å². The lowest BCUT2D eigenvalue weighted by Crippen LogP contribution is -2.43. The zero-order valence-electron chi connectivity index (χ0n) is 24.5. The summed E-state index contributed by atoms with van der Waals surface area (Å²) in [5, 5.41) is 0. The van der Waals surface area contributed by atoms with Gasteiger partial charge in [-0.15, -0.1) is 0 Å². The summed E-state index contributed by atoms with van der Waals surface area (Å²) in [6, 6.07) is 16.0. The van der Waals surface area contributed by atoms with Crippen LogP contribution in [0, 0.1) is 13.8 Å². The average molecular weight is 546 g/mol. The molecule has 8 heteroatoms. The Hall–Kier alpha value is -3.07. The summed E-state index contributed by atoms with van der Waals surface area (Å²) >= 11 is 0. The second kappa shape index (κ2) is 11.8. The van der Waals surface area contributed by atoms with Crippen LogP contribution in [0.2, 0.25) is 0 Å². The fraction of sp³-hybridized carbons (Fsp3) is 0.469. The molecule has 2 aliphatic rings. The van der Waals surface area contributed by atoms with Crippen molar-refractivity contribution in [2.45, 2.75) is 97.2 Å². The topological polar surface area (TPSA) is 75.8 Å². The number of oxazole rings is 1. The van der Waals surface area contributed by atoms with Gasteiger partial charge in [-0.1, -0.05) is 35.9 Å². The Labute approximate surface area is 238 Å². The molecule has 7 nitrogen and oxygen atoms in total. The van der Waals surface area contributed by atoms with E-state index in [9.17, 15) is 0 Å². The van der Waals surface area contributed by atoms with Crippen molar-refractivity contribution in [3.8, 4) is 17.2 Å². The highest BCUT2D eigenvalue weighted by Gasteiger charge is 2.60. The maximum absolute atomic E-state index is 6.27. The quantitative estimate of drug-likeness (QED) is 0.182. The second-order valence-corrected chi connectivity index (χ2v) is 11.8. The van der Waals surface area contributed by atoms with Gasteiger partial charge in [-0.3, -0.25) is 0 Å². The van der Waals surface area contributed by atoms with Gasteiger partial charge in [0.05, 0.1) is 18.2 Å². The number of para-hydroxylation sites is 1. The summed E-state index contributed by atoms with van der Waals surface area (Å²) in [6.45, 7) is 12.8. The Bertz CT molecular complexity index is 1320. The van der Waals surface area contributed by atoms with Gasteiger partial charge >= 0.3 is 7.12 Å². The monoisotopic (exact) mass is 546 g/mol. The van der Waals surface area contributed by atoms with E-state index in [1.165, 1.54) is 5.56 Å². The Kier molecular flexibility index (Phi) is 8.40. The van der Waals surface area contributed by atoms with E-state index in [1.54, 1.807) is 12.5 Å². The molecule has 0 spiro atoms. The van der Waals surface area contributed by atoms with Crippen molar-refractivity contribution < 1.29 is 27.9 Å². The standard InChI is InChI=1S/C32H40BNO6/c1-22-11-9-12-24(19-22)30-34-28(23(2)38-30)21-37-26-14-10-13-25(20-26)35-17-18-36-29-16-8-7-15-27(29)33-39-31(3,4)32(5,6)40-33/h7-9,11-12,15-19,25-26H,10,13-14,20-21H2,1-6H3/p+1/b18-17+/t25-,26+/m1/s1. The van der Waals surface area contributed by atoms with Crippen LogP contribution in [0.3, 0.4) is 0 Å². The largest absolute Gasteiger partial charge is 0.736 e. The number of ether oxygens (including phenoxy) is 3. The summed E-state index contributed by atoms with van der Waals surface area (Å²) in [5.41, 5.74) is 3.25. The van der Waals surface area contributed by atoms with E-state index < -0.39 is 0 Å². The molecule has 2 heterocycles. The van der Waals surface area contributed by atoms with E-state index in [2.05, 4.69) is 46.8 Å². The lowest BCUT2D eigenvalue weighted by molar-refractivity contribution is -0.0705. The Morgan fingerprint density at radius 1 is 1.02 bits per heavy atom. The van der Waals surface area contributed by atoms with Crippen molar-refractivity contribution in [1.29, 1.82) is 0 Å². The van der Waals surface area contributed by atoms with Crippen LogP contribution < -0.4 is 10.2 Å². The fourth-order valence-corrected chi connectivity index (χ4v) is 5.10. The van der Waals surface area contributed by atoms with Crippen LogP contribution in [0.1, 0.15) is 70.4 Å². The molecule has 0 amide bonds. The number of rotatable bonds is 9. The normalized spacial score (nSPS) is 22.1. The van der Waals surface area contributed by atoms with Crippen molar-refractivity contribution in [1.82, 2.24) is 4.98 Å². The van der Waals surface area contributed by atoms with E-state index in [0.29, 0.717) is 18.2 Å².